The van der Waals surface area contributed by atoms with Gasteiger partial charge in [0, 0.05) is 27.8 Å². The van der Waals surface area contributed by atoms with E-state index in [0.717, 1.165) is 5.56 Å². The minimum Gasteiger partial charge on any atom is -0.316 e. The molecule has 1 aromatic rings. The molecule has 0 bridgehead atoms. The summed E-state index contributed by atoms with van der Waals surface area (Å²) in [5, 5.41) is 3.31. The van der Waals surface area contributed by atoms with Crippen LogP contribution in [0.3, 0.4) is 0 Å². The molecule has 0 fully saturated rings. The number of benzene rings is 1. The van der Waals surface area contributed by atoms with Gasteiger partial charge in [0.05, 0.1) is 0 Å². The first kappa shape index (κ1) is 12.4. The van der Waals surface area contributed by atoms with Gasteiger partial charge in [-0.25, -0.2) is 0 Å². The van der Waals surface area contributed by atoms with Crippen LogP contribution in [0.15, 0.2) is 30.3 Å². The van der Waals surface area contributed by atoms with Gasteiger partial charge in [-0.3, -0.25) is 4.21 Å². The first-order valence-corrected chi connectivity index (χ1v) is 6.61. The van der Waals surface area contributed by atoms with Crippen LogP contribution in [0.4, 0.5) is 0 Å². The first-order valence-electron chi connectivity index (χ1n) is 5.23. The quantitative estimate of drug-likeness (QED) is 0.829. The molecular weight excluding hydrogens is 206 g/mol. The minimum atomic E-state index is -0.808. The van der Waals surface area contributed by atoms with Crippen LogP contribution in [-0.4, -0.2) is 22.5 Å². The van der Waals surface area contributed by atoms with Gasteiger partial charge >= 0.3 is 0 Å². The fraction of sp³-hybridized carbons (Fsp3) is 0.500. The summed E-state index contributed by atoms with van der Waals surface area (Å²) in [4.78, 5) is 0. The lowest BCUT2D eigenvalue weighted by Crippen LogP contribution is -2.36. The van der Waals surface area contributed by atoms with E-state index in [-0.39, 0.29) is 11.3 Å². The fourth-order valence-electron chi connectivity index (χ4n) is 1.33. The molecule has 0 radical (unpaired) electrons. The third-order valence-electron chi connectivity index (χ3n) is 2.73. The topological polar surface area (TPSA) is 29.1 Å². The normalized spacial score (nSPS) is 17.0. The predicted octanol–water partition coefficient (Wildman–Crippen LogP) is 1.93. The molecule has 0 aliphatic heterocycles. The van der Waals surface area contributed by atoms with Crippen molar-refractivity contribution < 1.29 is 4.21 Å². The number of hydrogen-bond donors (Lipinski definition) is 1. The summed E-state index contributed by atoms with van der Waals surface area (Å²) in [5.41, 5.74) is 1.14. The summed E-state index contributed by atoms with van der Waals surface area (Å²) in [6.45, 7) is 4.09. The molecule has 0 amide bonds. The van der Waals surface area contributed by atoms with Gasteiger partial charge in [0.15, 0.2) is 0 Å². The smallest absolute Gasteiger partial charge is 0.0488 e. The van der Waals surface area contributed by atoms with Crippen molar-refractivity contribution in [1.29, 1.82) is 0 Å². The lowest BCUT2D eigenvalue weighted by molar-refractivity contribution is 0.583. The zero-order valence-electron chi connectivity index (χ0n) is 9.57. The zero-order valence-corrected chi connectivity index (χ0v) is 10.4. The second kappa shape index (κ2) is 6.03. The van der Waals surface area contributed by atoms with E-state index in [9.17, 15) is 4.21 Å². The Morgan fingerprint density at radius 2 is 1.87 bits per heavy atom. The van der Waals surface area contributed by atoms with Crippen molar-refractivity contribution in [2.24, 2.45) is 0 Å². The molecule has 1 N–H and O–H groups in total. The summed E-state index contributed by atoms with van der Waals surface area (Å²) < 4.78 is 12.0. The van der Waals surface area contributed by atoms with Gasteiger partial charge in [-0.2, -0.15) is 0 Å². The van der Waals surface area contributed by atoms with E-state index in [4.69, 9.17) is 0 Å². The lowest BCUT2D eigenvalue weighted by Gasteiger charge is -2.18. The van der Waals surface area contributed by atoms with E-state index in [1.165, 1.54) is 0 Å². The van der Waals surface area contributed by atoms with E-state index >= 15 is 0 Å². The van der Waals surface area contributed by atoms with E-state index < -0.39 is 10.8 Å². The first-order chi connectivity index (χ1) is 7.15. The van der Waals surface area contributed by atoms with Gasteiger partial charge in [-0.15, -0.1) is 0 Å². The molecule has 1 aromatic carbocycles. The molecule has 3 atom stereocenters. The molecule has 0 saturated carbocycles. The van der Waals surface area contributed by atoms with Gasteiger partial charge in [-0.05, 0) is 26.5 Å². The van der Waals surface area contributed by atoms with Crippen molar-refractivity contribution in [3.05, 3.63) is 35.9 Å². The Kier molecular flexibility index (Phi) is 4.99. The Morgan fingerprint density at radius 1 is 1.27 bits per heavy atom. The number of nitrogens with one attached hydrogen (secondary N) is 1. The van der Waals surface area contributed by atoms with Crippen LogP contribution >= 0.6 is 0 Å². The van der Waals surface area contributed by atoms with Gasteiger partial charge in [0.1, 0.15) is 0 Å². The van der Waals surface area contributed by atoms with Gasteiger partial charge in [-0.1, -0.05) is 30.3 Å². The van der Waals surface area contributed by atoms with E-state index in [1.807, 2.05) is 44.3 Å². The average Bonchev–Trinajstić information content (AvgIpc) is 2.28. The van der Waals surface area contributed by atoms with Crippen LogP contribution in [0.1, 0.15) is 19.4 Å². The molecule has 0 aromatic heterocycles. The molecule has 0 saturated heterocycles. The highest BCUT2D eigenvalue weighted by molar-refractivity contribution is 7.84. The van der Waals surface area contributed by atoms with Crippen molar-refractivity contribution >= 4 is 10.8 Å². The van der Waals surface area contributed by atoms with E-state index in [1.54, 1.807) is 0 Å². The monoisotopic (exact) mass is 225 g/mol. The molecule has 0 spiro atoms. The Labute approximate surface area is 94.5 Å². The average molecular weight is 225 g/mol. The molecule has 0 aliphatic carbocycles. The standard InChI is InChI=1S/C12H19NOS/c1-10(13-3)11(2)15(14)9-12-7-5-4-6-8-12/h4-8,10-11,13H,9H2,1-3H3. The molecule has 3 heteroatoms. The lowest BCUT2D eigenvalue weighted by atomic mass is 10.2. The molecule has 1 rings (SSSR count). The molecular formula is C12H19NOS. The number of hydrogen-bond acceptors (Lipinski definition) is 2. The van der Waals surface area contributed by atoms with Crippen LogP contribution in [0, 0.1) is 0 Å². The Balaban J connectivity index is 2.56. The molecule has 0 heterocycles. The Morgan fingerprint density at radius 3 is 2.40 bits per heavy atom. The fourth-order valence-corrected chi connectivity index (χ4v) is 2.71. The van der Waals surface area contributed by atoms with Gasteiger partial charge in [0.2, 0.25) is 0 Å². The van der Waals surface area contributed by atoms with Crippen LogP contribution in [0.2, 0.25) is 0 Å². The predicted molar refractivity (Wildman–Crippen MR) is 66.3 cm³/mol. The van der Waals surface area contributed by atoms with E-state index in [2.05, 4.69) is 12.2 Å². The Bertz CT molecular complexity index is 313. The maximum absolute atomic E-state index is 12.0. The maximum atomic E-state index is 12.0. The molecule has 84 valence electrons. The maximum Gasteiger partial charge on any atom is 0.0488 e. The second-order valence-electron chi connectivity index (χ2n) is 3.79. The third-order valence-corrected chi connectivity index (χ3v) is 4.58. The van der Waals surface area contributed by atoms with Gasteiger partial charge in [0.25, 0.3) is 0 Å². The third kappa shape index (κ3) is 3.76. The highest BCUT2D eigenvalue weighted by atomic mass is 32.2. The summed E-state index contributed by atoms with van der Waals surface area (Å²) in [7, 11) is 1.10. The van der Waals surface area contributed by atoms with E-state index in [0.29, 0.717) is 5.75 Å². The van der Waals surface area contributed by atoms with Crippen molar-refractivity contribution in [1.82, 2.24) is 5.32 Å². The minimum absolute atomic E-state index is 0.176. The summed E-state index contributed by atoms with van der Waals surface area (Å²) in [6, 6.07) is 10.3. The zero-order chi connectivity index (χ0) is 11.3. The van der Waals surface area contributed by atoms with Crippen molar-refractivity contribution in [3.8, 4) is 0 Å². The van der Waals surface area contributed by atoms with Gasteiger partial charge < -0.3 is 5.32 Å². The molecule has 3 unspecified atom stereocenters. The largest absolute Gasteiger partial charge is 0.316 e. The summed E-state index contributed by atoms with van der Waals surface area (Å²) in [6.07, 6.45) is 0. The van der Waals surface area contributed by atoms with Crippen molar-refractivity contribution in [3.63, 3.8) is 0 Å². The molecule has 15 heavy (non-hydrogen) atoms. The molecule has 2 nitrogen and oxygen atoms in total. The van der Waals surface area contributed by atoms with Crippen LogP contribution < -0.4 is 5.32 Å². The number of rotatable bonds is 5. The summed E-state index contributed by atoms with van der Waals surface area (Å²) in [5.74, 6) is 0.647. The highest BCUT2D eigenvalue weighted by Crippen LogP contribution is 2.09. The van der Waals surface area contributed by atoms with Crippen LogP contribution in [-0.2, 0) is 16.6 Å². The van der Waals surface area contributed by atoms with Crippen molar-refractivity contribution in [2.45, 2.75) is 30.9 Å². The van der Waals surface area contributed by atoms with Crippen LogP contribution in [0.5, 0.6) is 0 Å². The highest BCUT2D eigenvalue weighted by Gasteiger charge is 2.17. The summed E-state index contributed by atoms with van der Waals surface area (Å²) >= 11 is 0. The Hall–Kier alpha value is -0.670. The SMILES string of the molecule is CNC(C)C(C)S(=O)Cc1ccccc1. The molecule has 0 aliphatic rings. The van der Waals surface area contributed by atoms with Crippen LogP contribution in [0.25, 0.3) is 0 Å². The second-order valence-corrected chi connectivity index (χ2v) is 5.59. The van der Waals surface area contributed by atoms with Crippen molar-refractivity contribution in [2.75, 3.05) is 7.05 Å².